The molecule has 1 aromatic carbocycles. The molecular formula is C13H11N3O6S. The molecule has 9 nitrogen and oxygen atoms in total. The largest absolute Gasteiger partial charge is 0.451 e. The summed E-state index contributed by atoms with van der Waals surface area (Å²) in [5.41, 5.74) is -1.40. The maximum absolute atomic E-state index is 12.6. The first-order chi connectivity index (χ1) is 10.8. The molecule has 120 valence electrons. The highest BCUT2D eigenvalue weighted by molar-refractivity contribution is 7.94. The molecule has 0 aliphatic carbocycles. The van der Waals surface area contributed by atoms with E-state index in [0.717, 1.165) is 7.11 Å². The normalized spacial score (nSPS) is 15.6. The monoisotopic (exact) mass is 337 g/mol. The van der Waals surface area contributed by atoms with Gasteiger partial charge in [-0.05, 0) is 19.1 Å². The molecule has 0 bridgehead atoms. The van der Waals surface area contributed by atoms with E-state index in [1.165, 1.54) is 31.2 Å². The molecule has 0 fully saturated rings. The third-order valence-electron chi connectivity index (χ3n) is 3.42. The fourth-order valence-electron chi connectivity index (χ4n) is 2.40. The maximum atomic E-state index is 12.6. The van der Waals surface area contributed by atoms with Crippen LogP contribution in [0.2, 0.25) is 0 Å². The summed E-state index contributed by atoms with van der Waals surface area (Å²) in [6.45, 7) is 1.38. The number of nitrogens with zero attached hydrogens (tertiary/aromatic N) is 2. The van der Waals surface area contributed by atoms with Gasteiger partial charge in [-0.15, -0.1) is 4.68 Å². The van der Waals surface area contributed by atoms with E-state index in [4.69, 9.17) is 0 Å². The van der Waals surface area contributed by atoms with E-state index in [2.05, 4.69) is 9.84 Å². The van der Waals surface area contributed by atoms with Gasteiger partial charge < -0.3 is 4.74 Å². The lowest BCUT2D eigenvalue weighted by atomic mass is 10.2. The van der Waals surface area contributed by atoms with Gasteiger partial charge in [0.25, 0.3) is 15.9 Å². The summed E-state index contributed by atoms with van der Waals surface area (Å²) in [6, 6.07) is 5.63. The van der Waals surface area contributed by atoms with E-state index in [1.807, 2.05) is 0 Å². The zero-order valence-corrected chi connectivity index (χ0v) is 12.9. The molecular weight excluding hydrogens is 326 g/mol. The van der Waals surface area contributed by atoms with Crippen molar-refractivity contribution >= 4 is 27.7 Å². The van der Waals surface area contributed by atoms with Crippen LogP contribution in [0.25, 0.3) is 0 Å². The molecule has 1 N–H and O–H groups in total. The second-order valence-electron chi connectivity index (χ2n) is 4.77. The fourth-order valence-corrected chi connectivity index (χ4v) is 4.06. The minimum absolute atomic E-state index is 0.0304. The van der Waals surface area contributed by atoms with Crippen molar-refractivity contribution in [2.24, 2.45) is 0 Å². The van der Waals surface area contributed by atoms with E-state index < -0.39 is 33.3 Å². The number of benzene rings is 1. The van der Waals surface area contributed by atoms with Crippen molar-refractivity contribution in [2.75, 3.05) is 11.4 Å². The van der Waals surface area contributed by atoms with Crippen molar-refractivity contribution in [3.63, 3.8) is 0 Å². The Morgan fingerprint density at radius 1 is 1.22 bits per heavy atom. The topological polar surface area (TPSA) is 119 Å². The Morgan fingerprint density at radius 2 is 1.87 bits per heavy atom. The molecule has 10 heteroatoms. The summed E-state index contributed by atoms with van der Waals surface area (Å²) in [5.74, 6) is -0.850. The highest BCUT2D eigenvalue weighted by Crippen LogP contribution is 2.33. The molecule has 2 heterocycles. The van der Waals surface area contributed by atoms with Gasteiger partial charge in [0.05, 0.1) is 18.4 Å². The predicted octanol–water partition coefficient (Wildman–Crippen LogP) is 0.448. The Hall–Kier alpha value is -2.88. The number of aromatic amines is 1. The van der Waals surface area contributed by atoms with Gasteiger partial charge in [0.2, 0.25) is 0 Å². The number of aromatic nitrogens is 2. The van der Waals surface area contributed by atoms with Gasteiger partial charge in [-0.2, -0.15) is 4.31 Å². The maximum Gasteiger partial charge on any atom is 0.436 e. The smallest absolute Gasteiger partial charge is 0.436 e. The first-order valence-electron chi connectivity index (χ1n) is 6.39. The predicted molar refractivity (Wildman–Crippen MR) is 78.0 cm³/mol. The van der Waals surface area contributed by atoms with Gasteiger partial charge in [0.15, 0.2) is 0 Å². The second kappa shape index (κ2) is 4.81. The number of methoxy groups -OCH3 is 1. The standard InChI is InChI=1S/C13H11N3O6S/c1-7-10(12(18)15(14-7)13(19)22-2)16-11(17)8-5-3-4-6-9(8)23(16,20)21/h3-6,14H,1-2H3. The minimum Gasteiger partial charge on any atom is -0.451 e. The van der Waals surface area contributed by atoms with E-state index >= 15 is 0 Å². The zero-order chi connectivity index (χ0) is 16.9. The molecule has 0 saturated heterocycles. The number of amides is 1. The molecule has 1 aliphatic heterocycles. The number of aryl methyl sites for hydroxylation is 1. The van der Waals surface area contributed by atoms with Gasteiger partial charge in [-0.25, -0.2) is 13.2 Å². The van der Waals surface area contributed by atoms with Crippen LogP contribution in [0.5, 0.6) is 0 Å². The Labute approximate surface area is 130 Å². The van der Waals surface area contributed by atoms with Crippen molar-refractivity contribution in [2.45, 2.75) is 11.8 Å². The summed E-state index contributed by atoms with van der Waals surface area (Å²) in [4.78, 5) is 36.1. The van der Waals surface area contributed by atoms with Crippen LogP contribution in [-0.4, -0.2) is 37.3 Å². The van der Waals surface area contributed by atoms with E-state index in [-0.39, 0.29) is 16.2 Å². The lowest BCUT2D eigenvalue weighted by Gasteiger charge is -2.12. The number of hydrogen-bond acceptors (Lipinski definition) is 6. The third-order valence-corrected chi connectivity index (χ3v) is 5.16. The number of carbonyl (C=O) groups is 2. The fraction of sp³-hybridized carbons (Fsp3) is 0.154. The number of carbonyl (C=O) groups excluding carboxylic acids is 2. The van der Waals surface area contributed by atoms with Crippen molar-refractivity contribution < 1.29 is 22.7 Å². The summed E-state index contributed by atoms with van der Waals surface area (Å²) in [5, 5.41) is 2.40. The van der Waals surface area contributed by atoms with Crippen molar-refractivity contribution in [3.05, 3.63) is 45.9 Å². The van der Waals surface area contributed by atoms with Crippen LogP contribution in [0.1, 0.15) is 16.1 Å². The number of sulfonamides is 1. The molecule has 0 saturated carbocycles. The SMILES string of the molecule is COC(=O)n1[nH]c(C)c(N2C(=O)c3ccccc3S2(=O)=O)c1=O. The number of H-pyrrole nitrogens is 1. The van der Waals surface area contributed by atoms with Gasteiger partial charge in [0, 0.05) is 0 Å². The van der Waals surface area contributed by atoms with Gasteiger partial charge in [-0.1, -0.05) is 12.1 Å². The van der Waals surface area contributed by atoms with Gasteiger partial charge in [-0.3, -0.25) is 14.7 Å². The van der Waals surface area contributed by atoms with Crippen molar-refractivity contribution in [1.82, 2.24) is 9.78 Å². The lowest BCUT2D eigenvalue weighted by Crippen LogP contribution is -2.35. The number of fused-ring (bicyclic) bond motifs is 1. The summed E-state index contributed by atoms with van der Waals surface area (Å²) in [7, 11) is -3.15. The number of ether oxygens (including phenoxy) is 1. The molecule has 3 rings (SSSR count). The number of anilines is 1. The zero-order valence-electron chi connectivity index (χ0n) is 12.1. The Bertz CT molecular complexity index is 1000. The molecule has 2 aromatic rings. The van der Waals surface area contributed by atoms with Gasteiger partial charge >= 0.3 is 11.7 Å². The summed E-state index contributed by atoms with van der Waals surface area (Å²) < 4.78 is 30.5. The number of hydrogen-bond donors (Lipinski definition) is 1. The average Bonchev–Trinajstić information content (AvgIpc) is 2.91. The Balaban J connectivity index is 2.26. The van der Waals surface area contributed by atoms with Crippen LogP contribution in [0.4, 0.5) is 10.5 Å². The first-order valence-corrected chi connectivity index (χ1v) is 7.83. The third kappa shape index (κ3) is 1.91. The number of rotatable bonds is 1. The second-order valence-corrected chi connectivity index (χ2v) is 6.52. The molecule has 1 aliphatic rings. The van der Waals surface area contributed by atoms with Crippen LogP contribution in [0.15, 0.2) is 34.0 Å². The Kier molecular flexibility index (Phi) is 3.14. The summed E-state index contributed by atoms with van der Waals surface area (Å²) >= 11 is 0. The minimum atomic E-state index is -4.21. The van der Waals surface area contributed by atoms with Crippen LogP contribution < -0.4 is 9.86 Å². The van der Waals surface area contributed by atoms with Crippen LogP contribution in [0, 0.1) is 6.92 Å². The average molecular weight is 337 g/mol. The lowest BCUT2D eigenvalue weighted by molar-refractivity contribution is 0.101. The van der Waals surface area contributed by atoms with Crippen LogP contribution >= 0.6 is 0 Å². The van der Waals surface area contributed by atoms with Crippen LogP contribution in [0.3, 0.4) is 0 Å². The number of nitrogens with one attached hydrogen (secondary N) is 1. The Morgan fingerprint density at radius 3 is 2.48 bits per heavy atom. The molecule has 1 amide bonds. The molecule has 0 spiro atoms. The first kappa shape index (κ1) is 15.0. The molecule has 23 heavy (non-hydrogen) atoms. The molecule has 0 atom stereocenters. The van der Waals surface area contributed by atoms with Crippen LogP contribution in [-0.2, 0) is 14.8 Å². The van der Waals surface area contributed by atoms with Gasteiger partial charge in [0.1, 0.15) is 10.6 Å². The van der Waals surface area contributed by atoms with Crippen molar-refractivity contribution in [3.8, 4) is 0 Å². The van der Waals surface area contributed by atoms with Crippen molar-refractivity contribution in [1.29, 1.82) is 0 Å². The highest BCUT2D eigenvalue weighted by Gasteiger charge is 2.44. The quantitative estimate of drug-likeness (QED) is 0.807. The highest BCUT2D eigenvalue weighted by atomic mass is 32.2. The molecule has 1 aromatic heterocycles. The van der Waals surface area contributed by atoms with E-state index in [1.54, 1.807) is 0 Å². The summed E-state index contributed by atoms with van der Waals surface area (Å²) in [6.07, 6.45) is -1.02. The molecule has 0 radical (unpaired) electrons. The molecule has 0 unspecified atom stereocenters. The van der Waals surface area contributed by atoms with E-state index in [0.29, 0.717) is 8.99 Å². The van der Waals surface area contributed by atoms with E-state index in [9.17, 15) is 22.8 Å².